The van der Waals surface area contributed by atoms with E-state index in [0.717, 1.165) is 68.3 Å². The molecule has 1 atom stereocenters. The molecular formula is C34H37NO4. The van der Waals surface area contributed by atoms with Gasteiger partial charge < -0.3 is 14.2 Å². The first kappa shape index (κ1) is 25.8. The SMILES string of the molecule is O=C(C1=Cc2ccccc2C(c2ccc(OCCN3CCOCC3)cc2)C1)c1ccc(OC2CCCC2)cc1. The third-order valence-electron chi connectivity index (χ3n) is 8.20. The number of allylic oxidation sites excluding steroid dienone is 1. The molecule has 2 fully saturated rings. The van der Waals surface area contributed by atoms with Gasteiger partial charge in [-0.25, -0.2) is 0 Å². The number of hydrogen-bond donors (Lipinski definition) is 0. The number of morpholine rings is 1. The average molecular weight is 524 g/mol. The summed E-state index contributed by atoms with van der Waals surface area (Å²) in [5, 5.41) is 0. The van der Waals surface area contributed by atoms with Crippen LogP contribution < -0.4 is 9.47 Å². The summed E-state index contributed by atoms with van der Waals surface area (Å²) in [6, 6.07) is 24.5. The number of ether oxygens (including phenoxy) is 3. The van der Waals surface area contributed by atoms with Crippen LogP contribution in [0.3, 0.4) is 0 Å². The molecule has 5 nitrogen and oxygen atoms in total. The molecule has 1 heterocycles. The lowest BCUT2D eigenvalue weighted by Gasteiger charge is -2.27. The minimum absolute atomic E-state index is 0.0879. The standard InChI is InChI=1S/C34H37NO4/c36-34(26-11-15-31(16-12-26)39-30-6-2-3-7-30)28-23-27-5-1-4-8-32(27)33(24-28)25-9-13-29(14-10-25)38-22-19-35-17-20-37-21-18-35/h1,4-5,8-16,23,30,33H,2-3,6-7,17-22,24H2. The Hall–Kier alpha value is -3.41. The van der Waals surface area contributed by atoms with Crippen molar-refractivity contribution in [1.29, 1.82) is 0 Å². The highest BCUT2D eigenvalue weighted by Crippen LogP contribution is 2.40. The second kappa shape index (κ2) is 12.2. The third-order valence-corrected chi connectivity index (χ3v) is 8.20. The smallest absolute Gasteiger partial charge is 0.189 e. The first-order valence-electron chi connectivity index (χ1n) is 14.4. The molecular weight excluding hydrogens is 486 g/mol. The molecule has 0 N–H and O–H groups in total. The molecule has 3 aromatic rings. The molecule has 0 amide bonds. The summed E-state index contributed by atoms with van der Waals surface area (Å²) in [4.78, 5) is 16.0. The molecule has 0 bridgehead atoms. The Balaban J connectivity index is 1.14. The molecule has 1 saturated heterocycles. The summed E-state index contributed by atoms with van der Waals surface area (Å²) in [5.41, 5.74) is 5.12. The van der Waals surface area contributed by atoms with Gasteiger partial charge in [0.05, 0.1) is 19.3 Å². The van der Waals surface area contributed by atoms with E-state index < -0.39 is 0 Å². The van der Waals surface area contributed by atoms with E-state index in [2.05, 4.69) is 53.4 Å². The van der Waals surface area contributed by atoms with Crippen molar-refractivity contribution >= 4 is 11.9 Å². The summed E-state index contributed by atoms with van der Waals surface area (Å²) in [7, 11) is 0. The van der Waals surface area contributed by atoms with Gasteiger partial charge in [-0.2, -0.15) is 0 Å². The van der Waals surface area contributed by atoms with Crippen LogP contribution in [0, 0.1) is 0 Å². The zero-order valence-electron chi connectivity index (χ0n) is 22.5. The van der Waals surface area contributed by atoms with Crippen LogP contribution in [0.2, 0.25) is 0 Å². The van der Waals surface area contributed by atoms with Gasteiger partial charge in [0.15, 0.2) is 5.78 Å². The first-order chi connectivity index (χ1) is 19.2. The highest BCUT2D eigenvalue weighted by Gasteiger charge is 2.27. The van der Waals surface area contributed by atoms with Crippen LogP contribution in [0.5, 0.6) is 11.5 Å². The maximum Gasteiger partial charge on any atom is 0.189 e. The van der Waals surface area contributed by atoms with Crippen molar-refractivity contribution in [2.45, 2.75) is 44.1 Å². The minimum Gasteiger partial charge on any atom is -0.492 e. The number of ketones is 1. The Bertz CT molecular complexity index is 1290. The van der Waals surface area contributed by atoms with Crippen LogP contribution in [-0.2, 0) is 4.74 Å². The van der Waals surface area contributed by atoms with Gasteiger partial charge in [0.1, 0.15) is 18.1 Å². The van der Waals surface area contributed by atoms with Crippen LogP contribution in [0.4, 0.5) is 0 Å². The van der Waals surface area contributed by atoms with Crippen LogP contribution >= 0.6 is 0 Å². The van der Waals surface area contributed by atoms with Gasteiger partial charge in [-0.15, -0.1) is 0 Å². The third kappa shape index (κ3) is 6.26. The fourth-order valence-corrected chi connectivity index (χ4v) is 5.97. The Kier molecular flexibility index (Phi) is 8.08. The van der Waals surface area contributed by atoms with Crippen molar-refractivity contribution in [1.82, 2.24) is 4.90 Å². The Morgan fingerprint density at radius 1 is 0.872 bits per heavy atom. The topological polar surface area (TPSA) is 48.0 Å². The van der Waals surface area contributed by atoms with E-state index in [0.29, 0.717) is 24.7 Å². The normalized spacial score (nSPS) is 19.8. The van der Waals surface area contributed by atoms with Crippen molar-refractivity contribution in [2.75, 3.05) is 39.5 Å². The highest BCUT2D eigenvalue weighted by atomic mass is 16.5. The zero-order chi connectivity index (χ0) is 26.4. The van der Waals surface area contributed by atoms with Crippen LogP contribution in [-0.4, -0.2) is 56.2 Å². The Labute approximate surface area is 231 Å². The van der Waals surface area contributed by atoms with Gasteiger partial charge >= 0.3 is 0 Å². The van der Waals surface area contributed by atoms with E-state index >= 15 is 0 Å². The van der Waals surface area contributed by atoms with Crippen molar-refractivity contribution in [3.63, 3.8) is 0 Å². The molecule has 1 unspecified atom stereocenters. The van der Waals surface area contributed by atoms with Crippen LogP contribution in [0.15, 0.2) is 78.4 Å². The maximum atomic E-state index is 13.6. The lowest BCUT2D eigenvalue weighted by atomic mass is 9.77. The van der Waals surface area contributed by atoms with Crippen LogP contribution in [0.25, 0.3) is 6.08 Å². The van der Waals surface area contributed by atoms with Gasteiger partial charge in [-0.05, 0) is 91.3 Å². The molecule has 6 rings (SSSR count). The van der Waals surface area contributed by atoms with E-state index in [1.807, 2.05) is 30.3 Å². The molecule has 1 saturated carbocycles. The quantitative estimate of drug-likeness (QED) is 0.299. The molecule has 1 aliphatic heterocycles. The second-order valence-corrected chi connectivity index (χ2v) is 10.8. The molecule has 0 spiro atoms. The fraction of sp³-hybridized carbons (Fsp3) is 0.382. The number of benzene rings is 3. The van der Waals surface area contributed by atoms with E-state index in [9.17, 15) is 4.79 Å². The van der Waals surface area contributed by atoms with Gasteiger partial charge in [-0.1, -0.05) is 36.4 Å². The summed E-state index contributed by atoms with van der Waals surface area (Å²) in [5.74, 6) is 1.94. The average Bonchev–Trinajstić information content (AvgIpc) is 3.51. The van der Waals surface area contributed by atoms with Crippen LogP contribution in [0.1, 0.15) is 65.1 Å². The van der Waals surface area contributed by atoms with E-state index in [1.54, 1.807) is 0 Å². The van der Waals surface area contributed by atoms with E-state index in [-0.39, 0.29) is 11.7 Å². The van der Waals surface area contributed by atoms with Gasteiger partial charge in [0, 0.05) is 36.7 Å². The fourth-order valence-electron chi connectivity index (χ4n) is 5.97. The molecule has 5 heteroatoms. The number of rotatable bonds is 9. The van der Waals surface area contributed by atoms with Gasteiger partial charge in [0.25, 0.3) is 0 Å². The van der Waals surface area contributed by atoms with E-state index in [4.69, 9.17) is 14.2 Å². The van der Waals surface area contributed by atoms with Crippen molar-refractivity contribution in [3.05, 3.63) is 101 Å². The molecule has 39 heavy (non-hydrogen) atoms. The molecule has 202 valence electrons. The molecule has 0 radical (unpaired) electrons. The summed E-state index contributed by atoms with van der Waals surface area (Å²) >= 11 is 0. The lowest BCUT2D eigenvalue weighted by molar-refractivity contribution is 0.0322. The highest BCUT2D eigenvalue weighted by molar-refractivity contribution is 6.12. The van der Waals surface area contributed by atoms with E-state index in [1.165, 1.54) is 24.0 Å². The lowest BCUT2D eigenvalue weighted by Crippen LogP contribution is -2.38. The zero-order valence-corrected chi connectivity index (χ0v) is 22.5. The summed E-state index contributed by atoms with van der Waals surface area (Å²) in [6.45, 7) is 5.11. The summed E-state index contributed by atoms with van der Waals surface area (Å²) < 4.78 is 17.6. The first-order valence-corrected chi connectivity index (χ1v) is 14.4. The van der Waals surface area contributed by atoms with Gasteiger partial charge in [-0.3, -0.25) is 9.69 Å². The Morgan fingerprint density at radius 2 is 1.59 bits per heavy atom. The number of carbonyl (C=O) groups is 1. The van der Waals surface area contributed by atoms with Gasteiger partial charge in [0.2, 0.25) is 0 Å². The largest absolute Gasteiger partial charge is 0.492 e. The van der Waals surface area contributed by atoms with Crippen molar-refractivity contribution < 1.29 is 19.0 Å². The second-order valence-electron chi connectivity index (χ2n) is 10.8. The molecule has 2 aliphatic carbocycles. The number of carbonyl (C=O) groups excluding carboxylic acids is 1. The molecule has 0 aromatic heterocycles. The number of Topliss-reactive ketones (excluding diaryl/α,β-unsaturated/α-hetero) is 1. The van der Waals surface area contributed by atoms with Crippen molar-refractivity contribution in [2.24, 2.45) is 0 Å². The number of fused-ring (bicyclic) bond motifs is 1. The monoisotopic (exact) mass is 523 g/mol. The predicted octanol–water partition coefficient (Wildman–Crippen LogP) is 6.52. The minimum atomic E-state index is 0.0879. The molecule has 3 aromatic carbocycles. The number of nitrogens with zero attached hydrogens (tertiary/aromatic N) is 1. The Morgan fingerprint density at radius 3 is 2.36 bits per heavy atom. The molecule has 3 aliphatic rings. The number of hydrogen-bond acceptors (Lipinski definition) is 5. The summed E-state index contributed by atoms with van der Waals surface area (Å²) in [6.07, 6.45) is 7.77. The maximum absolute atomic E-state index is 13.6. The van der Waals surface area contributed by atoms with Crippen molar-refractivity contribution in [3.8, 4) is 11.5 Å². The predicted molar refractivity (Wildman–Crippen MR) is 154 cm³/mol.